The predicted octanol–water partition coefficient (Wildman–Crippen LogP) is 3.59. The van der Waals surface area contributed by atoms with Crippen molar-refractivity contribution in [1.82, 2.24) is 9.88 Å². The topological polar surface area (TPSA) is 43.3 Å². The maximum atomic E-state index is 12.3. The van der Waals surface area contributed by atoms with Crippen LogP contribution in [0, 0.1) is 13.8 Å². The Morgan fingerprint density at radius 2 is 1.87 bits per heavy atom. The highest BCUT2D eigenvalue weighted by atomic mass is 16.5. The van der Waals surface area contributed by atoms with Crippen molar-refractivity contribution < 1.29 is 9.53 Å². The summed E-state index contributed by atoms with van der Waals surface area (Å²) in [5, 5.41) is 2.88. The fourth-order valence-corrected chi connectivity index (χ4v) is 2.76. The van der Waals surface area contributed by atoms with Crippen molar-refractivity contribution in [3.8, 4) is 5.69 Å². The molecule has 1 N–H and O–H groups in total. The molecule has 0 atom stereocenters. The second kappa shape index (κ2) is 7.47. The summed E-state index contributed by atoms with van der Waals surface area (Å²) >= 11 is 0. The molecule has 23 heavy (non-hydrogen) atoms. The van der Waals surface area contributed by atoms with Crippen LogP contribution >= 0.6 is 0 Å². The molecule has 0 saturated heterocycles. The Morgan fingerprint density at radius 1 is 1.22 bits per heavy atom. The van der Waals surface area contributed by atoms with Crippen LogP contribution in [-0.2, 0) is 4.74 Å². The average Bonchev–Trinajstić information content (AvgIpc) is 2.82. The molecule has 0 spiro atoms. The molecule has 1 aromatic heterocycles. The Morgan fingerprint density at radius 3 is 2.43 bits per heavy atom. The van der Waals surface area contributed by atoms with E-state index in [2.05, 4.69) is 48.0 Å². The number of aryl methyl sites for hydroxylation is 1. The maximum Gasteiger partial charge on any atom is 0.253 e. The third-order valence-electron chi connectivity index (χ3n) is 4.09. The first-order valence-electron chi connectivity index (χ1n) is 8.02. The van der Waals surface area contributed by atoms with Gasteiger partial charge in [0, 0.05) is 30.7 Å². The van der Waals surface area contributed by atoms with E-state index in [0.29, 0.717) is 24.6 Å². The Balaban J connectivity index is 2.28. The first-order chi connectivity index (χ1) is 11.0. The van der Waals surface area contributed by atoms with Crippen molar-refractivity contribution in [2.45, 2.75) is 33.6 Å². The van der Waals surface area contributed by atoms with Gasteiger partial charge < -0.3 is 14.6 Å². The van der Waals surface area contributed by atoms with Gasteiger partial charge in [0.1, 0.15) is 0 Å². The smallest absolute Gasteiger partial charge is 0.253 e. The molecule has 0 aliphatic rings. The number of ether oxygens (including phenoxy) is 1. The maximum absolute atomic E-state index is 12.3. The monoisotopic (exact) mass is 314 g/mol. The minimum atomic E-state index is -0.0554. The van der Waals surface area contributed by atoms with Gasteiger partial charge in [-0.25, -0.2) is 0 Å². The zero-order valence-electron chi connectivity index (χ0n) is 14.6. The van der Waals surface area contributed by atoms with Crippen LogP contribution in [0.25, 0.3) is 5.69 Å². The predicted molar refractivity (Wildman–Crippen MR) is 93.5 cm³/mol. The van der Waals surface area contributed by atoms with Crippen molar-refractivity contribution in [3.05, 3.63) is 52.8 Å². The summed E-state index contributed by atoms with van der Waals surface area (Å²) in [6, 6.07) is 10.5. The van der Waals surface area contributed by atoms with E-state index >= 15 is 0 Å². The van der Waals surface area contributed by atoms with Crippen molar-refractivity contribution in [2.75, 3.05) is 20.3 Å². The van der Waals surface area contributed by atoms with E-state index in [4.69, 9.17) is 4.74 Å². The molecule has 0 aliphatic carbocycles. The fraction of sp³-hybridized carbons (Fsp3) is 0.421. The lowest BCUT2D eigenvalue weighted by molar-refractivity contribution is 0.0936. The molecule has 1 amide bonds. The molecule has 0 fully saturated rings. The molecule has 0 aliphatic heterocycles. The molecule has 4 heteroatoms. The first kappa shape index (κ1) is 17.3. The van der Waals surface area contributed by atoms with Gasteiger partial charge in [-0.15, -0.1) is 0 Å². The highest BCUT2D eigenvalue weighted by molar-refractivity contribution is 5.95. The summed E-state index contributed by atoms with van der Waals surface area (Å²) in [6.45, 7) is 9.40. The molecule has 4 nitrogen and oxygen atoms in total. The van der Waals surface area contributed by atoms with Crippen LogP contribution in [0.4, 0.5) is 0 Å². The highest BCUT2D eigenvalue weighted by Crippen LogP contribution is 2.23. The second-order valence-electron chi connectivity index (χ2n) is 6.12. The van der Waals surface area contributed by atoms with Crippen molar-refractivity contribution in [2.24, 2.45) is 0 Å². The summed E-state index contributed by atoms with van der Waals surface area (Å²) in [5.41, 5.74) is 5.12. The number of carbonyl (C=O) groups is 1. The van der Waals surface area contributed by atoms with Crippen molar-refractivity contribution >= 4 is 5.91 Å². The van der Waals surface area contributed by atoms with Gasteiger partial charge >= 0.3 is 0 Å². The van der Waals surface area contributed by atoms with Crippen LogP contribution in [0.5, 0.6) is 0 Å². The average molecular weight is 314 g/mol. The lowest BCUT2D eigenvalue weighted by atomic mass is 10.0. The van der Waals surface area contributed by atoms with Crippen molar-refractivity contribution in [1.29, 1.82) is 0 Å². The molecule has 2 rings (SSSR count). The Hall–Kier alpha value is -2.07. The third-order valence-corrected chi connectivity index (χ3v) is 4.09. The molecule has 0 radical (unpaired) electrons. The van der Waals surface area contributed by atoms with Crippen LogP contribution in [0.3, 0.4) is 0 Å². The standard InChI is InChI=1S/C19H26N2O2/c1-13(2)16-6-8-17(9-7-16)21-14(3)12-18(15(21)4)19(22)20-10-11-23-5/h6-9,12-13H,10-11H2,1-5H3,(H,20,22). The van der Waals surface area contributed by atoms with Gasteiger partial charge in [0.05, 0.1) is 12.2 Å². The summed E-state index contributed by atoms with van der Waals surface area (Å²) < 4.78 is 7.09. The summed E-state index contributed by atoms with van der Waals surface area (Å²) in [5.74, 6) is 0.457. The van der Waals surface area contributed by atoms with Crippen LogP contribution in [-0.4, -0.2) is 30.7 Å². The number of hydrogen-bond donors (Lipinski definition) is 1. The largest absolute Gasteiger partial charge is 0.383 e. The van der Waals surface area contributed by atoms with Crippen LogP contribution in [0.2, 0.25) is 0 Å². The Kier molecular flexibility index (Phi) is 5.61. The number of benzene rings is 1. The SMILES string of the molecule is COCCNC(=O)c1cc(C)n(-c2ccc(C(C)C)cc2)c1C. The summed E-state index contributed by atoms with van der Waals surface area (Å²) in [6.07, 6.45) is 0. The van der Waals surface area contributed by atoms with Gasteiger partial charge in [0.25, 0.3) is 5.91 Å². The lowest BCUT2D eigenvalue weighted by Crippen LogP contribution is -2.27. The van der Waals surface area contributed by atoms with E-state index in [-0.39, 0.29) is 5.91 Å². The molecule has 1 heterocycles. The number of nitrogens with zero attached hydrogens (tertiary/aromatic N) is 1. The first-order valence-corrected chi connectivity index (χ1v) is 8.02. The molecular formula is C19H26N2O2. The number of methoxy groups -OCH3 is 1. The number of carbonyl (C=O) groups excluding carboxylic acids is 1. The number of nitrogens with one attached hydrogen (secondary N) is 1. The summed E-state index contributed by atoms with van der Waals surface area (Å²) in [7, 11) is 1.62. The van der Waals surface area contributed by atoms with E-state index in [0.717, 1.165) is 17.1 Å². The van der Waals surface area contributed by atoms with Crippen molar-refractivity contribution in [3.63, 3.8) is 0 Å². The van der Waals surface area contributed by atoms with E-state index in [1.807, 2.05) is 19.9 Å². The minimum Gasteiger partial charge on any atom is -0.383 e. The molecule has 0 unspecified atom stereocenters. The van der Waals surface area contributed by atoms with Gasteiger partial charge in [-0.05, 0) is 43.5 Å². The van der Waals surface area contributed by atoms with Gasteiger partial charge in [0.2, 0.25) is 0 Å². The fourth-order valence-electron chi connectivity index (χ4n) is 2.76. The van der Waals surface area contributed by atoms with Crippen LogP contribution < -0.4 is 5.32 Å². The van der Waals surface area contributed by atoms with E-state index < -0.39 is 0 Å². The number of amides is 1. The van der Waals surface area contributed by atoms with Crippen LogP contribution in [0.1, 0.15) is 47.1 Å². The molecule has 0 saturated carbocycles. The van der Waals surface area contributed by atoms with Gasteiger partial charge in [-0.2, -0.15) is 0 Å². The third kappa shape index (κ3) is 3.82. The molecular weight excluding hydrogens is 288 g/mol. The zero-order chi connectivity index (χ0) is 17.0. The van der Waals surface area contributed by atoms with Gasteiger partial charge in [-0.3, -0.25) is 4.79 Å². The summed E-state index contributed by atoms with van der Waals surface area (Å²) in [4.78, 5) is 12.3. The van der Waals surface area contributed by atoms with Crippen LogP contribution in [0.15, 0.2) is 30.3 Å². The number of rotatable bonds is 6. The van der Waals surface area contributed by atoms with E-state index in [1.54, 1.807) is 7.11 Å². The molecule has 2 aromatic rings. The van der Waals surface area contributed by atoms with E-state index in [1.165, 1.54) is 5.56 Å². The number of aromatic nitrogens is 1. The molecule has 0 bridgehead atoms. The van der Waals surface area contributed by atoms with Gasteiger partial charge in [0.15, 0.2) is 0 Å². The highest BCUT2D eigenvalue weighted by Gasteiger charge is 2.16. The zero-order valence-corrected chi connectivity index (χ0v) is 14.6. The molecule has 124 valence electrons. The Labute approximate surface area is 138 Å². The quantitative estimate of drug-likeness (QED) is 0.828. The number of hydrogen-bond acceptors (Lipinski definition) is 2. The minimum absolute atomic E-state index is 0.0554. The molecule has 1 aromatic carbocycles. The lowest BCUT2D eigenvalue weighted by Gasteiger charge is -2.12. The van der Waals surface area contributed by atoms with E-state index in [9.17, 15) is 4.79 Å². The normalized spacial score (nSPS) is 11.0. The Bertz CT molecular complexity index is 669. The second-order valence-corrected chi connectivity index (χ2v) is 6.12. The van der Waals surface area contributed by atoms with Gasteiger partial charge in [-0.1, -0.05) is 26.0 Å².